The van der Waals surface area contributed by atoms with Crippen LogP contribution in [0.2, 0.25) is 0 Å². The SMILES string of the molecule is COc1cccc(-c2cc(C(=O)N3CC(N4CCc5sccc5C4)C3)n(C)n2)c1. The Kier molecular flexibility index (Phi) is 4.64. The van der Waals surface area contributed by atoms with Crippen LogP contribution >= 0.6 is 11.3 Å². The minimum atomic E-state index is 0.0543. The number of amides is 1. The second-order valence-electron chi connectivity index (χ2n) is 7.72. The summed E-state index contributed by atoms with van der Waals surface area (Å²) >= 11 is 1.86. The molecule has 4 heterocycles. The fraction of sp³-hybridized carbons (Fsp3) is 0.364. The average Bonchev–Trinajstić information content (AvgIpc) is 3.33. The van der Waals surface area contributed by atoms with Gasteiger partial charge >= 0.3 is 0 Å². The topological polar surface area (TPSA) is 50.6 Å². The van der Waals surface area contributed by atoms with Crippen molar-refractivity contribution in [3.05, 3.63) is 57.9 Å². The van der Waals surface area contributed by atoms with E-state index in [1.165, 1.54) is 10.4 Å². The zero-order valence-corrected chi connectivity index (χ0v) is 17.5. The zero-order valence-electron chi connectivity index (χ0n) is 16.7. The normalized spacial score (nSPS) is 17.1. The molecule has 0 N–H and O–H groups in total. The molecule has 150 valence electrons. The molecule has 0 radical (unpaired) electrons. The molecule has 0 spiro atoms. The van der Waals surface area contributed by atoms with Gasteiger partial charge in [0.25, 0.3) is 5.91 Å². The van der Waals surface area contributed by atoms with E-state index in [0.29, 0.717) is 11.7 Å². The number of carbonyl (C=O) groups excluding carboxylic acids is 1. The minimum absolute atomic E-state index is 0.0543. The number of aryl methyl sites for hydroxylation is 1. The molecule has 29 heavy (non-hydrogen) atoms. The summed E-state index contributed by atoms with van der Waals surface area (Å²) in [5.74, 6) is 0.834. The highest BCUT2D eigenvalue weighted by molar-refractivity contribution is 7.10. The Morgan fingerprint density at radius 3 is 2.93 bits per heavy atom. The van der Waals surface area contributed by atoms with Crippen LogP contribution in [-0.4, -0.2) is 58.3 Å². The predicted octanol–water partition coefficient (Wildman–Crippen LogP) is 3.04. The molecule has 5 rings (SSSR count). The minimum Gasteiger partial charge on any atom is -0.497 e. The smallest absolute Gasteiger partial charge is 0.272 e. The van der Waals surface area contributed by atoms with E-state index in [1.54, 1.807) is 11.8 Å². The number of methoxy groups -OCH3 is 1. The van der Waals surface area contributed by atoms with Gasteiger partial charge in [0.15, 0.2) is 0 Å². The number of aromatic nitrogens is 2. The van der Waals surface area contributed by atoms with Gasteiger partial charge in [-0.05, 0) is 41.6 Å². The third-order valence-corrected chi connectivity index (χ3v) is 6.99. The van der Waals surface area contributed by atoms with Gasteiger partial charge < -0.3 is 9.64 Å². The molecule has 2 aliphatic heterocycles. The lowest BCUT2D eigenvalue weighted by atomic mass is 10.0. The Bertz CT molecular complexity index is 1050. The molecule has 1 aromatic carbocycles. The quantitative estimate of drug-likeness (QED) is 0.666. The van der Waals surface area contributed by atoms with Gasteiger partial charge in [-0.15, -0.1) is 11.3 Å². The van der Waals surface area contributed by atoms with Crippen molar-refractivity contribution < 1.29 is 9.53 Å². The molecule has 2 aliphatic rings. The van der Waals surface area contributed by atoms with Crippen molar-refractivity contribution in [1.29, 1.82) is 0 Å². The van der Waals surface area contributed by atoms with Crippen LogP contribution in [0.5, 0.6) is 5.75 Å². The summed E-state index contributed by atoms with van der Waals surface area (Å²) in [6, 6.07) is 12.3. The van der Waals surface area contributed by atoms with Crippen LogP contribution in [0, 0.1) is 0 Å². The summed E-state index contributed by atoms with van der Waals surface area (Å²) in [6.07, 6.45) is 1.13. The van der Waals surface area contributed by atoms with E-state index in [9.17, 15) is 4.79 Å². The second kappa shape index (κ2) is 7.31. The highest BCUT2D eigenvalue weighted by atomic mass is 32.1. The number of ether oxygens (including phenoxy) is 1. The third kappa shape index (κ3) is 3.34. The Labute approximate surface area is 174 Å². The number of hydrogen-bond donors (Lipinski definition) is 0. The van der Waals surface area contributed by atoms with Crippen LogP contribution in [0.4, 0.5) is 0 Å². The molecule has 2 aromatic heterocycles. The molecule has 1 fully saturated rings. The summed E-state index contributed by atoms with van der Waals surface area (Å²) < 4.78 is 6.98. The molecule has 6 nitrogen and oxygen atoms in total. The maximum atomic E-state index is 13.0. The van der Waals surface area contributed by atoms with Crippen molar-refractivity contribution in [2.24, 2.45) is 7.05 Å². The lowest BCUT2D eigenvalue weighted by molar-refractivity contribution is 0.0213. The van der Waals surface area contributed by atoms with Gasteiger partial charge in [-0.2, -0.15) is 5.10 Å². The van der Waals surface area contributed by atoms with E-state index in [4.69, 9.17) is 4.74 Å². The number of likely N-dealkylation sites (tertiary alicyclic amines) is 1. The molecule has 0 unspecified atom stereocenters. The maximum Gasteiger partial charge on any atom is 0.272 e. The lowest BCUT2D eigenvalue weighted by Gasteiger charge is -2.46. The molecule has 0 atom stereocenters. The number of rotatable bonds is 4. The highest BCUT2D eigenvalue weighted by Gasteiger charge is 2.37. The molecular weight excluding hydrogens is 384 g/mol. The molecule has 7 heteroatoms. The number of nitrogens with zero attached hydrogens (tertiary/aromatic N) is 4. The second-order valence-corrected chi connectivity index (χ2v) is 8.72. The Morgan fingerprint density at radius 2 is 2.10 bits per heavy atom. The molecule has 0 bridgehead atoms. The Balaban J connectivity index is 1.26. The predicted molar refractivity (Wildman–Crippen MR) is 113 cm³/mol. The van der Waals surface area contributed by atoms with E-state index in [-0.39, 0.29) is 5.91 Å². The molecule has 0 aliphatic carbocycles. The summed E-state index contributed by atoms with van der Waals surface area (Å²) in [5.41, 5.74) is 3.81. The van der Waals surface area contributed by atoms with Gasteiger partial charge in [0.1, 0.15) is 11.4 Å². The van der Waals surface area contributed by atoms with E-state index in [1.807, 2.05) is 53.6 Å². The first-order chi connectivity index (χ1) is 14.1. The van der Waals surface area contributed by atoms with Crippen molar-refractivity contribution in [3.63, 3.8) is 0 Å². The summed E-state index contributed by atoms with van der Waals surface area (Å²) in [5, 5.41) is 6.74. The van der Waals surface area contributed by atoms with E-state index in [0.717, 1.165) is 49.6 Å². The van der Waals surface area contributed by atoms with Gasteiger partial charge in [0.2, 0.25) is 0 Å². The first kappa shape index (κ1) is 18.4. The monoisotopic (exact) mass is 408 g/mol. The van der Waals surface area contributed by atoms with E-state index < -0.39 is 0 Å². The number of hydrogen-bond acceptors (Lipinski definition) is 5. The zero-order chi connectivity index (χ0) is 20.0. The standard InChI is InChI=1S/C22H24N4O2S/c1-24-20(11-19(23-24)15-4-3-5-18(10-15)28-2)22(27)26-13-17(14-26)25-8-6-21-16(12-25)7-9-29-21/h3-5,7,9-11,17H,6,8,12-14H2,1-2H3. The number of benzene rings is 1. The Morgan fingerprint density at radius 1 is 1.24 bits per heavy atom. The van der Waals surface area contributed by atoms with E-state index >= 15 is 0 Å². The summed E-state index contributed by atoms with van der Waals surface area (Å²) in [4.78, 5) is 19.0. The third-order valence-electron chi connectivity index (χ3n) is 5.97. The molecular formula is C22H24N4O2S. The maximum absolute atomic E-state index is 13.0. The number of fused-ring (bicyclic) bond motifs is 1. The number of thiophene rings is 1. The first-order valence-electron chi connectivity index (χ1n) is 9.89. The van der Waals surface area contributed by atoms with Crippen LogP contribution in [0.3, 0.4) is 0 Å². The fourth-order valence-electron chi connectivity index (χ4n) is 4.19. The van der Waals surface area contributed by atoms with Gasteiger partial charge in [-0.1, -0.05) is 12.1 Å². The first-order valence-corrected chi connectivity index (χ1v) is 10.8. The van der Waals surface area contributed by atoms with Crippen LogP contribution < -0.4 is 4.74 Å². The molecule has 1 saturated heterocycles. The van der Waals surface area contributed by atoms with Crippen molar-refractivity contribution in [2.45, 2.75) is 19.0 Å². The van der Waals surface area contributed by atoms with Gasteiger partial charge in [0, 0.05) is 49.7 Å². The van der Waals surface area contributed by atoms with Crippen LogP contribution in [0.1, 0.15) is 20.9 Å². The molecule has 3 aromatic rings. The van der Waals surface area contributed by atoms with Gasteiger partial charge in [0.05, 0.1) is 12.8 Å². The summed E-state index contributed by atoms with van der Waals surface area (Å²) in [6.45, 7) is 3.68. The summed E-state index contributed by atoms with van der Waals surface area (Å²) in [7, 11) is 3.48. The average molecular weight is 409 g/mol. The van der Waals surface area contributed by atoms with Crippen LogP contribution in [0.15, 0.2) is 41.8 Å². The molecule has 0 saturated carbocycles. The van der Waals surface area contributed by atoms with Gasteiger partial charge in [-0.3, -0.25) is 14.4 Å². The molecule has 1 amide bonds. The van der Waals surface area contributed by atoms with E-state index in [2.05, 4.69) is 21.4 Å². The van der Waals surface area contributed by atoms with Crippen molar-refractivity contribution in [2.75, 3.05) is 26.7 Å². The van der Waals surface area contributed by atoms with Crippen molar-refractivity contribution >= 4 is 17.2 Å². The lowest BCUT2D eigenvalue weighted by Crippen LogP contribution is -2.61. The van der Waals surface area contributed by atoms with Crippen molar-refractivity contribution in [3.8, 4) is 17.0 Å². The fourth-order valence-corrected chi connectivity index (χ4v) is 5.08. The van der Waals surface area contributed by atoms with Gasteiger partial charge in [-0.25, -0.2) is 0 Å². The highest BCUT2D eigenvalue weighted by Crippen LogP contribution is 2.29. The van der Waals surface area contributed by atoms with Crippen LogP contribution in [0.25, 0.3) is 11.3 Å². The van der Waals surface area contributed by atoms with Crippen molar-refractivity contribution in [1.82, 2.24) is 19.6 Å². The largest absolute Gasteiger partial charge is 0.497 e. The van der Waals surface area contributed by atoms with Crippen LogP contribution in [-0.2, 0) is 20.0 Å². The Hall–Kier alpha value is -2.64. The number of carbonyl (C=O) groups is 1.